The summed E-state index contributed by atoms with van der Waals surface area (Å²) in [6.07, 6.45) is -0.898. The zero-order valence-electron chi connectivity index (χ0n) is 12.4. The molecule has 0 spiro atoms. The van der Waals surface area contributed by atoms with Crippen molar-refractivity contribution in [3.8, 4) is 11.3 Å². The number of aromatic nitrogens is 1. The molecule has 1 aromatic heterocycles. The summed E-state index contributed by atoms with van der Waals surface area (Å²) >= 11 is 0. The van der Waals surface area contributed by atoms with Gasteiger partial charge in [-0.2, -0.15) is 0 Å². The number of hydrogen-bond acceptors (Lipinski definition) is 5. The molecule has 1 fully saturated rings. The lowest BCUT2D eigenvalue weighted by Crippen LogP contribution is -2.41. The Hall–Kier alpha value is -2.18. The Morgan fingerprint density at radius 1 is 1.27 bits per heavy atom. The summed E-state index contributed by atoms with van der Waals surface area (Å²) in [4.78, 5) is 14.5. The third kappa shape index (κ3) is 2.75. The molecule has 1 aromatic carbocycles. The number of hydrogen-bond donors (Lipinski definition) is 1. The van der Waals surface area contributed by atoms with Crippen molar-refractivity contribution in [3.63, 3.8) is 0 Å². The minimum absolute atomic E-state index is 0.181. The van der Waals surface area contributed by atoms with E-state index in [1.807, 2.05) is 30.3 Å². The first-order chi connectivity index (χ1) is 10.7. The largest absolute Gasteiger partial charge is 0.385 e. The molecule has 6 nitrogen and oxygen atoms in total. The summed E-state index contributed by atoms with van der Waals surface area (Å²) in [5, 5.41) is 13.9. The summed E-state index contributed by atoms with van der Waals surface area (Å²) in [5.74, 6) is 0.0228. The highest BCUT2D eigenvalue weighted by atomic mass is 16.5. The summed E-state index contributed by atoms with van der Waals surface area (Å²) in [7, 11) is 0. The molecule has 1 saturated heterocycles. The van der Waals surface area contributed by atoms with Gasteiger partial charge >= 0.3 is 0 Å². The van der Waals surface area contributed by atoms with Gasteiger partial charge in [0, 0.05) is 18.7 Å². The number of benzene rings is 1. The summed E-state index contributed by atoms with van der Waals surface area (Å²) in [5.41, 5.74) is 1.59. The standard InChI is InChI=1S/C16H18N2O4/c1-11(19)15-13(16(20)18-7-9-21-10-8-18)14(17-22-15)12-5-3-2-4-6-12/h2-6,11,19H,7-10H2,1H3/t11-/m0/s1. The first kappa shape index (κ1) is 14.7. The molecular weight excluding hydrogens is 284 g/mol. The Morgan fingerprint density at radius 2 is 1.95 bits per heavy atom. The van der Waals surface area contributed by atoms with Gasteiger partial charge in [0.15, 0.2) is 5.76 Å². The SMILES string of the molecule is C[C@H](O)c1onc(-c2ccccc2)c1C(=O)N1CCOCC1. The van der Waals surface area contributed by atoms with E-state index in [0.29, 0.717) is 37.6 Å². The smallest absolute Gasteiger partial charge is 0.260 e. The number of carbonyl (C=O) groups is 1. The van der Waals surface area contributed by atoms with Crippen LogP contribution in [0.4, 0.5) is 0 Å². The highest BCUT2D eigenvalue weighted by Gasteiger charge is 2.30. The zero-order valence-corrected chi connectivity index (χ0v) is 12.4. The first-order valence-electron chi connectivity index (χ1n) is 7.28. The van der Waals surface area contributed by atoms with Gasteiger partial charge in [0.05, 0.1) is 13.2 Å². The predicted octanol–water partition coefficient (Wildman–Crippen LogP) is 1.87. The van der Waals surface area contributed by atoms with Crippen molar-refractivity contribution >= 4 is 5.91 Å². The quantitative estimate of drug-likeness (QED) is 0.936. The van der Waals surface area contributed by atoms with Gasteiger partial charge in [-0.05, 0) is 6.92 Å². The molecule has 0 bridgehead atoms. The van der Waals surface area contributed by atoms with Crippen molar-refractivity contribution in [1.82, 2.24) is 10.1 Å². The maximum atomic E-state index is 12.8. The van der Waals surface area contributed by atoms with E-state index in [1.165, 1.54) is 0 Å². The Morgan fingerprint density at radius 3 is 2.59 bits per heavy atom. The second-order valence-corrected chi connectivity index (χ2v) is 5.22. The van der Waals surface area contributed by atoms with Crippen LogP contribution in [0.5, 0.6) is 0 Å². The van der Waals surface area contributed by atoms with E-state index in [1.54, 1.807) is 11.8 Å². The zero-order chi connectivity index (χ0) is 15.5. The molecule has 0 radical (unpaired) electrons. The average molecular weight is 302 g/mol. The van der Waals surface area contributed by atoms with Crippen LogP contribution in [0, 0.1) is 0 Å². The first-order valence-corrected chi connectivity index (χ1v) is 7.28. The summed E-state index contributed by atoms with van der Waals surface area (Å²) < 4.78 is 10.5. The van der Waals surface area contributed by atoms with Crippen molar-refractivity contribution in [2.75, 3.05) is 26.3 Å². The van der Waals surface area contributed by atoms with Crippen molar-refractivity contribution in [2.45, 2.75) is 13.0 Å². The molecule has 3 rings (SSSR count). The van der Waals surface area contributed by atoms with Gasteiger partial charge in [-0.3, -0.25) is 4.79 Å². The number of carbonyl (C=O) groups excluding carboxylic acids is 1. The minimum Gasteiger partial charge on any atom is -0.385 e. The Kier molecular flexibility index (Phi) is 4.22. The second-order valence-electron chi connectivity index (χ2n) is 5.22. The fraction of sp³-hybridized carbons (Fsp3) is 0.375. The molecule has 22 heavy (non-hydrogen) atoms. The Bertz CT molecular complexity index is 645. The summed E-state index contributed by atoms with van der Waals surface area (Å²) in [6, 6.07) is 9.35. The highest BCUT2D eigenvalue weighted by molar-refractivity contribution is 6.01. The van der Waals surface area contributed by atoms with E-state index < -0.39 is 6.10 Å². The Labute approximate surface area is 128 Å². The van der Waals surface area contributed by atoms with E-state index in [9.17, 15) is 9.90 Å². The van der Waals surface area contributed by atoms with Crippen molar-refractivity contribution in [2.24, 2.45) is 0 Å². The van der Waals surface area contributed by atoms with E-state index >= 15 is 0 Å². The Balaban J connectivity index is 2.03. The molecular formula is C16H18N2O4. The van der Waals surface area contributed by atoms with Crippen LogP contribution >= 0.6 is 0 Å². The highest BCUT2D eigenvalue weighted by Crippen LogP contribution is 2.30. The lowest BCUT2D eigenvalue weighted by molar-refractivity contribution is 0.0298. The molecule has 0 saturated carbocycles. The molecule has 6 heteroatoms. The van der Waals surface area contributed by atoms with Crippen LogP contribution in [0.3, 0.4) is 0 Å². The fourth-order valence-electron chi connectivity index (χ4n) is 2.51. The lowest BCUT2D eigenvalue weighted by Gasteiger charge is -2.27. The second kappa shape index (κ2) is 6.29. The van der Waals surface area contributed by atoms with Crippen molar-refractivity contribution < 1.29 is 19.2 Å². The van der Waals surface area contributed by atoms with Gasteiger partial charge < -0.3 is 19.3 Å². The minimum atomic E-state index is -0.898. The number of aliphatic hydroxyl groups excluding tert-OH is 1. The molecule has 1 amide bonds. The van der Waals surface area contributed by atoms with Crippen LogP contribution in [0.2, 0.25) is 0 Å². The van der Waals surface area contributed by atoms with Crippen LogP contribution in [-0.2, 0) is 4.74 Å². The maximum absolute atomic E-state index is 12.8. The van der Waals surface area contributed by atoms with Crippen molar-refractivity contribution in [1.29, 1.82) is 0 Å². The molecule has 2 aromatic rings. The number of ether oxygens (including phenoxy) is 1. The maximum Gasteiger partial charge on any atom is 0.260 e. The molecule has 0 unspecified atom stereocenters. The number of nitrogens with zero attached hydrogens (tertiary/aromatic N) is 2. The van der Waals surface area contributed by atoms with Crippen LogP contribution in [0.1, 0.15) is 29.1 Å². The van der Waals surface area contributed by atoms with Gasteiger partial charge in [0.1, 0.15) is 17.4 Å². The number of aliphatic hydroxyl groups is 1. The van der Waals surface area contributed by atoms with Crippen molar-refractivity contribution in [3.05, 3.63) is 41.7 Å². The monoisotopic (exact) mass is 302 g/mol. The van der Waals surface area contributed by atoms with Crippen LogP contribution in [-0.4, -0.2) is 47.4 Å². The number of amides is 1. The topological polar surface area (TPSA) is 75.8 Å². The molecule has 1 aliphatic rings. The van der Waals surface area contributed by atoms with Crippen LogP contribution in [0.15, 0.2) is 34.9 Å². The van der Waals surface area contributed by atoms with E-state index in [-0.39, 0.29) is 11.7 Å². The molecule has 1 aliphatic heterocycles. The van der Waals surface area contributed by atoms with Gasteiger partial charge in [-0.1, -0.05) is 35.5 Å². The fourth-order valence-corrected chi connectivity index (χ4v) is 2.51. The van der Waals surface area contributed by atoms with Gasteiger partial charge in [0.25, 0.3) is 5.91 Å². The lowest BCUT2D eigenvalue weighted by atomic mass is 10.0. The third-order valence-electron chi connectivity index (χ3n) is 3.66. The van der Waals surface area contributed by atoms with E-state index in [4.69, 9.17) is 9.26 Å². The van der Waals surface area contributed by atoms with Gasteiger partial charge in [-0.15, -0.1) is 0 Å². The number of rotatable bonds is 3. The molecule has 116 valence electrons. The molecule has 2 heterocycles. The predicted molar refractivity (Wildman–Crippen MR) is 79.3 cm³/mol. The normalized spacial score (nSPS) is 16.5. The summed E-state index contributed by atoms with van der Waals surface area (Å²) in [6.45, 7) is 3.64. The molecule has 0 aliphatic carbocycles. The van der Waals surface area contributed by atoms with E-state index in [0.717, 1.165) is 5.56 Å². The molecule has 1 atom stereocenters. The average Bonchev–Trinajstić information content (AvgIpc) is 3.01. The van der Waals surface area contributed by atoms with Gasteiger partial charge in [0.2, 0.25) is 0 Å². The van der Waals surface area contributed by atoms with E-state index in [2.05, 4.69) is 5.16 Å². The third-order valence-corrected chi connectivity index (χ3v) is 3.66. The van der Waals surface area contributed by atoms with Gasteiger partial charge in [-0.25, -0.2) is 0 Å². The molecule has 1 N–H and O–H groups in total. The van der Waals surface area contributed by atoms with Crippen LogP contribution < -0.4 is 0 Å². The van der Waals surface area contributed by atoms with Crippen LogP contribution in [0.25, 0.3) is 11.3 Å². The number of morpholine rings is 1.